The summed E-state index contributed by atoms with van der Waals surface area (Å²) in [5.41, 5.74) is 8.31. The Balaban J connectivity index is 1.47. The summed E-state index contributed by atoms with van der Waals surface area (Å²) in [6.07, 6.45) is 3.02. The molecule has 2 heterocycles. The molecule has 0 fully saturated rings. The van der Waals surface area contributed by atoms with E-state index in [2.05, 4.69) is 37.4 Å². The highest BCUT2D eigenvalue weighted by atomic mass is 19.1. The largest absolute Gasteiger partial charge is 0.368 e. The first kappa shape index (κ1) is 23.1. The van der Waals surface area contributed by atoms with E-state index in [1.165, 1.54) is 24.4 Å². The Morgan fingerprint density at radius 3 is 2.69 bits per heavy atom. The molecule has 1 amide bonds. The number of aromatic nitrogens is 3. The van der Waals surface area contributed by atoms with Crippen LogP contribution in [0.2, 0.25) is 0 Å². The summed E-state index contributed by atoms with van der Waals surface area (Å²) in [5, 5.41) is 15.9. The molecule has 4 rings (SSSR count). The van der Waals surface area contributed by atoms with E-state index in [9.17, 15) is 14.4 Å². The van der Waals surface area contributed by atoms with Gasteiger partial charge in [0.25, 0.3) is 5.91 Å². The molecule has 0 saturated carbocycles. The third kappa shape index (κ3) is 5.67. The minimum atomic E-state index is -0.421. The molecule has 2 aromatic heterocycles. The molecule has 4 aromatic rings. The van der Waals surface area contributed by atoms with Gasteiger partial charge >= 0.3 is 0 Å². The monoisotopic (exact) mass is 465 g/mol. The Kier molecular flexibility index (Phi) is 6.80. The van der Waals surface area contributed by atoms with Crippen molar-refractivity contribution in [2.45, 2.75) is 13.0 Å². The van der Waals surface area contributed by atoms with Gasteiger partial charge in [0.1, 0.15) is 17.7 Å². The zero-order chi connectivity index (χ0) is 24.8. The molecule has 2 aromatic carbocycles. The van der Waals surface area contributed by atoms with E-state index in [0.717, 1.165) is 22.0 Å². The molecule has 0 radical (unpaired) electrons. The maximum absolute atomic E-state index is 13.2. The molecule has 0 aliphatic heterocycles. The van der Waals surface area contributed by atoms with Crippen molar-refractivity contribution in [3.8, 4) is 17.9 Å². The van der Waals surface area contributed by atoms with Crippen molar-refractivity contribution in [2.24, 2.45) is 0 Å². The van der Waals surface area contributed by atoms with Crippen LogP contribution in [0.15, 0.2) is 60.9 Å². The number of fused-ring (bicyclic) bond motifs is 1. The Morgan fingerprint density at radius 1 is 1.11 bits per heavy atom. The van der Waals surface area contributed by atoms with Crippen molar-refractivity contribution in [3.63, 3.8) is 0 Å². The van der Waals surface area contributed by atoms with Gasteiger partial charge in [0.05, 0.1) is 29.2 Å². The number of hydrogen-bond acceptors (Lipinski definition) is 7. The summed E-state index contributed by atoms with van der Waals surface area (Å²) in [5.74, 6) is 5.77. The van der Waals surface area contributed by atoms with Crippen LogP contribution in [0.5, 0.6) is 0 Å². The first-order chi connectivity index (χ1) is 16.9. The predicted molar refractivity (Wildman–Crippen MR) is 131 cm³/mol. The second-order valence-corrected chi connectivity index (χ2v) is 7.64. The number of benzene rings is 2. The van der Waals surface area contributed by atoms with Gasteiger partial charge in [-0.05, 0) is 48.9 Å². The van der Waals surface area contributed by atoms with Gasteiger partial charge in [-0.15, -0.1) is 0 Å². The lowest BCUT2D eigenvalue weighted by molar-refractivity contribution is 0.0940. The molecule has 0 bridgehead atoms. The number of nitrogens with one attached hydrogen (secondary N) is 2. The van der Waals surface area contributed by atoms with Gasteiger partial charge in [-0.1, -0.05) is 24.0 Å². The van der Waals surface area contributed by atoms with E-state index in [1.54, 1.807) is 25.3 Å². The Morgan fingerprint density at radius 2 is 1.91 bits per heavy atom. The van der Waals surface area contributed by atoms with Gasteiger partial charge in [-0.25, -0.2) is 19.3 Å². The molecule has 8 nitrogen and oxygen atoms in total. The lowest BCUT2D eigenvalue weighted by Crippen LogP contribution is -2.28. The van der Waals surface area contributed by atoms with Gasteiger partial charge < -0.3 is 16.4 Å². The molecule has 4 N–H and O–H groups in total. The summed E-state index contributed by atoms with van der Waals surface area (Å²) < 4.78 is 13.2. The fraction of sp³-hybridized carbons (Fsp3) is 0.115. The summed E-state index contributed by atoms with van der Waals surface area (Å²) in [7, 11) is 0. The topological polar surface area (TPSA) is 130 Å². The second kappa shape index (κ2) is 10.3. The Labute approximate surface area is 201 Å². The van der Waals surface area contributed by atoms with Crippen molar-refractivity contribution in [1.82, 2.24) is 20.3 Å². The van der Waals surface area contributed by atoms with Crippen LogP contribution in [-0.4, -0.2) is 27.4 Å². The number of nitrogens with zero attached hydrogens (tertiary/aromatic N) is 4. The van der Waals surface area contributed by atoms with E-state index in [4.69, 9.17) is 5.73 Å². The number of nitrogen functional groups attached to an aromatic ring is 1. The lowest BCUT2D eigenvalue weighted by atomic mass is 10.1. The minimum absolute atomic E-state index is 0.209. The fourth-order valence-corrected chi connectivity index (χ4v) is 3.35. The fourth-order valence-electron chi connectivity index (χ4n) is 3.35. The number of nitriles is 1. The Hall–Kier alpha value is -5.02. The highest BCUT2D eigenvalue weighted by molar-refractivity contribution is 5.99. The average Bonchev–Trinajstić information content (AvgIpc) is 2.87. The van der Waals surface area contributed by atoms with E-state index < -0.39 is 5.91 Å². The standard InChI is InChI=1S/C26H20FN7O/c1-16(19-5-7-21(27)8-6-19)33-25(35)22-12-18(13-28)14-31-24(22)30-10-2-3-17-4-9-23-20(11-17)15-32-26(29)34-23/h4-9,11-12,14-16H,10H2,1H3,(H,30,31)(H,33,35)(H2,29,32,34). The molecule has 0 aliphatic rings. The number of rotatable bonds is 5. The van der Waals surface area contributed by atoms with Gasteiger partial charge in [0, 0.05) is 23.3 Å². The first-order valence-electron chi connectivity index (χ1n) is 10.6. The maximum Gasteiger partial charge on any atom is 0.255 e. The second-order valence-electron chi connectivity index (χ2n) is 7.64. The number of carbonyl (C=O) groups is 1. The third-order valence-corrected chi connectivity index (χ3v) is 5.15. The summed E-state index contributed by atoms with van der Waals surface area (Å²) in [6.45, 7) is 2.00. The average molecular weight is 465 g/mol. The Bertz CT molecular complexity index is 1500. The molecule has 0 spiro atoms. The first-order valence-corrected chi connectivity index (χ1v) is 10.6. The normalized spacial score (nSPS) is 11.1. The number of pyridine rings is 1. The number of anilines is 2. The van der Waals surface area contributed by atoms with Crippen LogP contribution in [0.4, 0.5) is 16.2 Å². The summed E-state index contributed by atoms with van der Waals surface area (Å²) in [4.78, 5) is 25.3. The number of amides is 1. The maximum atomic E-state index is 13.2. The van der Waals surface area contributed by atoms with Crippen LogP contribution in [0.1, 0.15) is 40.0 Å². The van der Waals surface area contributed by atoms with Crippen LogP contribution in [0.3, 0.4) is 0 Å². The van der Waals surface area contributed by atoms with E-state index >= 15 is 0 Å². The molecule has 0 saturated heterocycles. The zero-order valence-corrected chi connectivity index (χ0v) is 18.7. The molecular formula is C26H20FN7O. The molecule has 35 heavy (non-hydrogen) atoms. The molecule has 1 unspecified atom stereocenters. The number of halogens is 1. The predicted octanol–water partition coefficient (Wildman–Crippen LogP) is 3.57. The van der Waals surface area contributed by atoms with Gasteiger partial charge in [-0.3, -0.25) is 4.79 Å². The quantitative estimate of drug-likeness (QED) is 0.384. The van der Waals surface area contributed by atoms with E-state index in [0.29, 0.717) is 5.82 Å². The van der Waals surface area contributed by atoms with Gasteiger partial charge in [-0.2, -0.15) is 5.26 Å². The van der Waals surface area contributed by atoms with Crippen LogP contribution in [0, 0.1) is 29.0 Å². The zero-order valence-electron chi connectivity index (χ0n) is 18.7. The van der Waals surface area contributed by atoms with Crippen molar-refractivity contribution in [2.75, 3.05) is 17.6 Å². The van der Waals surface area contributed by atoms with E-state index in [1.807, 2.05) is 24.3 Å². The van der Waals surface area contributed by atoms with Crippen molar-refractivity contribution in [1.29, 1.82) is 5.26 Å². The molecular weight excluding hydrogens is 445 g/mol. The summed E-state index contributed by atoms with van der Waals surface area (Å²) in [6, 6.07) is 14.5. The number of nitrogens with two attached hydrogens (primary N) is 1. The van der Waals surface area contributed by atoms with E-state index in [-0.39, 0.29) is 35.5 Å². The molecule has 172 valence electrons. The number of carbonyl (C=O) groups excluding carboxylic acids is 1. The van der Waals surface area contributed by atoms with Gasteiger partial charge in [0.2, 0.25) is 5.95 Å². The van der Waals surface area contributed by atoms with Crippen LogP contribution >= 0.6 is 0 Å². The van der Waals surface area contributed by atoms with Gasteiger partial charge in [0.15, 0.2) is 0 Å². The van der Waals surface area contributed by atoms with Crippen LogP contribution in [-0.2, 0) is 0 Å². The molecule has 0 aliphatic carbocycles. The highest BCUT2D eigenvalue weighted by Gasteiger charge is 2.17. The SMILES string of the molecule is CC(NC(=O)c1cc(C#N)cnc1NCC#Cc1ccc2nc(N)ncc2c1)c1ccc(F)cc1. The smallest absolute Gasteiger partial charge is 0.255 e. The minimum Gasteiger partial charge on any atom is -0.368 e. The third-order valence-electron chi connectivity index (χ3n) is 5.15. The number of hydrogen-bond donors (Lipinski definition) is 3. The molecule has 9 heteroatoms. The molecule has 1 atom stereocenters. The summed E-state index contributed by atoms with van der Waals surface area (Å²) >= 11 is 0. The van der Waals surface area contributed by atoms with Crippen LogP contribution in [0.25, 0.3) is 10.9 Å². The lowest BCUT2D eigenvalue weighted by Gasteiger charge is -2.16. The highest BCUT2D eigenvalue weighted by Crippen LogP contribution is 2.18. The van der Waals surface area contributed by atoms with Crippen molar-refractivity contribution in [3.05, 3.63) is 89.0 Å². The van der Waals surface area contributed by atoms with Crippen molar-refractivity contribution >= 4 is 28.6 Å². The van der Waals surface area contributed by atoms with Crippen molar-refractivity contribution < 1.29 is 9.18 Å². The van der Waals surface area contributed by atoms with Crippen LogP contribution < -0.4 is 16.4 Å².